The van der Waals surface area contributed by atoms with E-state index < -0.39 is 89.3 Å². The minimum Gasteiger partial charge on any atom is -0.481 e. The first-order chi connectivity index (χ1) is 21.0. The molecule has 0 spiro atoms. The van der Waals surface area contributed by atoms with E-state index in [0.717, 1.165) is 12.1 Å². The van der Waals surface area contributed by atoms with Gasteiger partial charge in [0.15, 0.2) is 0 Å². The molecule has 248 valence electrons. The van der Waals surface area contributed by atoms with Gasteiger partial charge in [-0.1, -0.05) is 34.1 Å². The maximum Gasteiger partial charge on any atom is 0.305 e. The van der Waals surface area contributed by atoms with Crippen LogP contribution >= 0.6 is 0 Å². The Kier molecular flexibility index (Phi) is 15.1. The number of anilines is 1. The summed E-state index contributed by atoms with van der Waals surface area (Å²) < 4.78 is 0. The van der Waals surface area contributed by atoms with Gasteiger partial charge >= 0.3 is 11.9 Å². The van der Waals surface area contributed by atoms with Crippen LogP contribution in [0.5, 0.6) is 0 Å². The van der Waals surface area contributed by atoms with Crippen LogP contribution in [0.25, 0.3) is 0 Å². The molecule has 0 aliphatic rings. The SMILES string of the molecule is CC[C@H](C)[C@H](NC(=O)[C@H](CCC(=O)O)NC(=O)[C@H](NC(C)=O)C(C)C)C(=O)N[C@@H](CC(=O)O)C(=O)Nc1ccc([N+](=O)[O-])cc1. The number of hydrogen-bond donors (Lipinski definition) is 7. The molecule has 0 saturated heterocycles. The molecule has 0 aliphatic heterocycles. The van der Waals surface area contributed by atoms with E-state index in [1.54, 1.807) is 27.7 Å². The van der Waals surface area contributed by atoms with Gasteiger partial charge in [0.2, 0.25) is 29.5 Å². The van der Waals surface area contributed by atoms with E-state index in [1.807, 2.05) is 0 Å². The number of non-ortho nitro benzene ring substituents is 1. The topological polar surface area (TPSA) is 263 Å². The van der Waals surface area contributed by atoms with Gasteiger partial charge in [0.25, 0.3) is 5.69 Å². The molecule has 1 aromatic rings. The number of nitro groups is 1. The van der Waals surface area contributed by atoms with Gasteiger partial charge in [-0.05, 0) is 30.4 Å². The van der Waals surface area contributed by atoms with Crippen LogP contribution in [0.3, 0.4) is 0 Å². The van der Waals surface area contributed by atoms with Crippen LogP contribution in [0.4, 0.5) is 11.4 Å². The van der Waals surface area contributed by atoms with Crippen molar-refractivity contribution >= 4 is 52.8 Å². The first-order valence-corrected chi connectivity index (χ1v) is 14.1. The summed E-state index contributed by atoms with van der Waals surface area (Å²) in [5.41, 5.74) is -0.152. The van der Waals surface area contributed by atoms with Crippen LogP contribution in [0.15, 0.2) is 24.3 Å². The van der Waals surface area contributed by atoms with E-state index in [9.17, 15) is 53.9 Å². The summed E-state index contributed by atoms with van der Waals surface area (Å²) in [6.07, 6.45) is -1.38. The highest BCUT2D eigenvalue weighted by molar-refractivity contribution is 6.00. The van der Waals surface area contributed by atoms with E-state index in [0.29, 0.717) is 6.42 Å². The Balaban J connectivity index is 3.21. The fourth-order valence-corrected chi connectivity index (χ4v) is 4.05. The maximum absolute atomic E-state index is 13.4. The third-order valence-electron chi connectivity index (χ3n) is 6.74. The largest absolute Gasteiger partial charge is 0.481 e. The number of carbonyl (C=O) groups excluding carboxylic acids is 5. The van der Waals surface area contributed by atoms with Gasteiger partial charge < -0.3 is 36.8 Å². The molecule has 0 unspecified atom stereocenters. The van der Waals surface area contributed by atoms with Crippen molar-refractivity contribution in [2.45, 2.75) is 84.5 Å². The number of amides is 5. The van der Waals surface area contributed by atoms with Gasteiger partial charge in [0, 0.05) is 31.2 Å². The highest BCUT2D eigenvalue weighted by Crippen LogP contribution is 2.16. The minimum atomic E-state index is -1.62. The number of nitrogens with zero attached hydrogens (tertiary/aromatic N) is 1. The average Bonchev–Trinajstić information content (AvgIpc) is 2.95. The third-order valence-corrected chi connectivity index (χ3v) is 6.74. The van der Waals surface area contributed by atoms with Crippen LogP contribution < -0.4 is 26.6 Å². The Bertz CT molecular complexity index is 1270. The van der Waals surface area contributed by atoms with Crippen LogP contribution in [-0.2, 0) is 33.6 Å². The Labute approximate surface area is 259 Å². The first kappa shape index (κ1) is 37.9. The molecule has 17 heteroatoms. The normalized spacial score (nSPS) is 14.1. The molecule has 0 bridgehead atoms. The van der Waals surface area contributed by atoms with Crippen molar-refractivity contribution in [2.75, 3.05) is 5.32 Å². The smallest absolute Gasteiger partial charge is 0.305 e. The molecule has 0 radical (unpaired) electrons. The molecule has 1 rings (SSSR count). The number of carbonyl (C=O) groups is 7. The summed E-state index contributed by atoms with van der Waals surface area (Å²) in [6.45, 7) is 7.82. The Morgan fingerprint density at radius 1 is 0.778 bits per heavy atom. The summed E-state index contributed by atoms with van der Waals surface area (Å²) >= 11 is 0. The monoisotopic (exact) mass is 636 g/mol. The maximum atomic E-state index is 13.4. The molecule has 1 aromatic carbocycles. The molecule has 0 fully saturated rings. The molecule has 0 heterocycles. The second-order valence-electron chi connectivity index (χ2n) is 10.7. The number of aliphatic carboxylic acids is 2. The predicted molar refractivity (Wildman–Crippen MR) is 159 cm³/mol. The van der Waals surface area contributed by atoms with Crippen molar-refractivity contribution in [3.8, 4) is 0 Å². The number of benzene rings is 1. The quantitative estimate of drug-likeness (QED) is 0.0863. The molecule has 7 N–H and O–H groups in total. The number of nitro benzene ring substituents is 1. The van der Waals surface area contributed by atoms with Crippen molar-refractivity contribution < 1.29 is 48.7 Å². The predicted octanol–water partition coefficient (Wildman–Crippen LogP) is 0.534. The Morgan fingerprint density at radius 2 is 1.33 bits per heavy atom. The summed E-state index contributed by atoms with van der Waals surface area (Å²) in [7, 11) is 0. The zero-order valence-electron chi connectivity index (χ0n) is 25.6. The Morgan fingerprint density at radius 3 is 1.80 bits per heavy atom. The standard InChI is InChI=1S/C28H40N6O11/c1-6-15(4)24(33-25(40)19(11-12-21(36)37)31-27(42)23(14(2)3)29-16(5)35)28(43)32-20(13-22(38)39)26(41)30-17-7-9-18(10-8-17)34(44)45/h7-10,14-15,19-20,23-24H,6,11-13H2,1-5H3,(H,29,35)(H,30,41)(H,31,42)(H,32,43)(H,33,40)(H,36,37)(H,38,39)/t15-,19-,20-,23+,24-/m0/s1. The fourth-order valence-electron chi connectivity index (χ4n) is 4.05. The zero-order chi connectivity index (χ0) is 34.4. The molecule has 45 heavy (non-hydrogen) atoms. The molecule has 0 aromatic heterocycles. The molecular weight excluding hydrogens is 596 g/mol. The number of carboxylic acids is 2. The number of rotatable bonds is 18. The van der Waals surface area contributed by atoms with E-state index in [4.69, 9.17) is 0 Å². The Hall–Kier alpha value is -5.09. The highest BCUT2D eigenvalue weighted by Gasteiger charge is 2.34. The van der Waals surface area contributed by atoms with Gasteiger partial charge in [-0.25, -0.2) is 0 Å². The summed E-state index contributed by atoms with van der Waals surface area (Å²) in [4.78, 5) is 97.2. The molecular formula is C28H40N6O11. The van der Waals surface area contributed by atoms with Gasteiger partial charge in [-0.15, -0.1) is 0 Å². The second kappa shape index (κ2) is 17.9. The molecule has 0 aliphatic carbocycles. The lowest BCUT2D eigenvalue weighted by Crippen LogP contribution is -2.60. The number of hydrogen-bond acceptors (Lipinski definition) is 9. The van der Waals surface area contributed by atoms with Crippen LogP contribution in [-0.4, -0.2) is 80.8 Å². The summed E-state index contributed by atoms with van der Waals surface area (Å²) in [5.74, 6) is -7.69. The highest BCUT2D eigenvalue weighted by atomic mass is 16.6. The molecule has 5 amide bonds. The van der Waals surface area contributed by atoms with Crippen molar-refractivity contribution in [2.24, 2.45) is 11.8 Å². The van der Waals surface area contributed by atoms with E-state index in [2.05, 4.69) is 26.6 Å². The molecule has 17 nitrogen and oxygen atoms in total. The number of nitrogens with one attached hydrogen (secondary N) is 5. The lowest BCUT2D eigenvalue weighted by Gasteiger charge is -2.29. The van der Waals surface area contributed by atoms with Gasteiger partial charge in [-0.2, -0.15) is 0 Å². The fraction of sp³-hybridized carbons (Fsp3) is 0.536. The summed E-state index contributed by atoms with van der Waals surface area (Å²) in [6, 6.07) is -0.752. The van der Waals surface area contributed by atoms with Gasteiger partial charge in [-0.3, -0.25) is 43.7 Å². The third kappa shape index (κ3) is 13.0. The number of carboxylic acid groups (broad SMARTS) is 2. The van der Waals surface area contributed by atoms with Crippen LogP contribution in [0, 0.1) is 22.0 Å². The van der Waals surface area contributed by atoms with E-state index in [-0.39, 0.29) is 23.7 Å². The van der Waals surface area contributed by atoms with Crippen LogP contribution in [0.2, 0.25) is 0 Å². The first-order valence-electron chi connectivity index (χ1n) is 14.1. The lowest BCUT2D eigenvalue weighted by molar-refractivity contribution is -0.384. The van der Waals surface area contributed by atoms with E-state index >= 15 is 0 Å². The van der Waals surface area contributed by atoms with Crippen molar-refractivity contribution in [3.05, 3.63) is 34.4 Å². The second-order valence-corrected chi connectivity index (χ2v) is 10.7. The van der Waals surface area contributed by atoms with E-state index in [1.165, 1.54) is 19.1 Å². The minimum absolute atomic E-state index is 0.0954. The zero-order valence-corrected chi connectivity index (χ0v) is 25.6. The van der Waals surface area contributed by atoms with Crippen molar-refractivity contribution in [1.29, 1.82) is 0 Å². The lowest BCUT2D eigenvalue weighted by atomic mass is 9.96. The van der Waals surface area contributed by atoms with Gasteiger partial charge in [0.05, 0.1) is 11.3 Å². The van der Waals surface area contributed by atoms with Gasteiger partial charge in [0.1, 0.15) is 24.2 Å². The van der Waals surface area contributed by atoms with Crippen molar-refractivity contribution in [3.63, 3.8) is 0 Å². The van der Waals surface area contributed by atoms with Crippen LogP contribution in [0.1, 0.15) is 60.3 Å². The average molecular weight is 637 g/mol. The van der Waals surface area contributed by atoms with Crippen molar-refractivity contribution in [1.82, 2.24) is 21.3 Å². The summed E-state index contributed by atoms with van der Waals surface area (Å²) in [5, 5.41) is 41.5. The molecule has 5 atom stereocenters. The molecule has 0 saturated carbocycles.